The highest BCUT2D eigenvalue weighted by molar-refractivity contribution is 7.80. The maximum atomic E-state index is 9.76. The lowest BCUT2D eigenvalue weighted by Gasteiger charge is -2.17. The Labute approximate surface area is 99.2 Å². The van der Waals surface area contributed by atoms with Crippen LogP contribution in [-0.2, 0) is 0 Å². The minimum atomic E-state index is -1.07. The van der Waals surface area contributed by atoms with Gasteiger partial charge in [-0.1, -0.05) is 6.07 Å². The Hall–Kier alpha value is -1.22. The standard InChI is InChI=1S/C11H13NO3S/c12-6-8-5-7(1-2-9(8)13)11(15)10(14)3-4-16/h1-2,5,10-11,13-16H,3-4H2. The van der Waals surface area contributed by atoms with E-state index in [9.17, 15) is 15.3 Å². The summed E-state index contributed by atoms with van der Waals surface area (Å²) in [6, 6.07) is 5.97. The number of phenols is 1. The third kappa shape index (κ3) is 2.89. The van der Waals surface area contributed by atoms with Crippen molar-refractivity contribution in [3.63, 3.8) is 0 Å². The van der Waals surface area contributed by atoms with Crippen LogP contribution in [0.3, 0.4) is 0 Å². The number of rotatable bonds is 4. The van der Waals surface area contributed by atoms with E-state index in [-0.39, 0.29) is 11.3 Å². The number of nitriles is 1. The molecule has 86 valence electrons. The summed E-state index contributed by atoms with van der Waals surface area (Å²) in [6.07, 6.45) is -1.64. The summed E-state index contributed by atoms with van der Waals surface area (Å²) in [6.45, 7) is 0. The van der Waals surface area contributed by atoms with Gasteiger partial charge in [0.2, 0.25) is 0 Å². The van der Waals surface area contributed by atoms with E-state index in [4.69, 9.17) is 5.26 Å². The SMILES string of the molecule is N#Cc1cc(C(O)C(O)CCS)ccc1O. The predicted octanol–water partition coefficient (Wildman–Crippen LogP) is 0.978. The lowest BCUT2D eigenvalue weighted by molar-refractivity contribution is 0.0172. The average molecular weight is 239 g/mol. The van der Waals surface area contributed by atoms with Crippen LogP contribution >= 0.6 is 12.6 Å². The van der Waals surface area contributed by atoms with Crippen molar-refractivity contribution in [2.75, 3.05) is 5.75 Å². The molecule has 0 amide bonds. The quantitative estimate of drug-likeness (QED) is 0.590. The summed E-state index contributed by atoms with van der Waals surface area (Å²) < 4.78 is 0. The molecule has 0 aliphatic carbocycles. The first-order chi connectivity index (χ1) is 7.60. The Morgan fingerprint density at radius 1 is 1.38 bits per heavy atom. The zero-order valence-corrected chi connectivity index (χ0v) is 9.43. The number of hydrogen-bond acceptors (Lipinski definition) is 5. The Bertz CT molecular complexity index is 403. The van der Waals surface area contributed by atoms with E-state index < -0.39 is 12.2 Å². The second-order valence-electron chi connectivity index (χ2n) is 3.41. The average Bonchev–Trinajstić information content (AvgIpc) is 2.29. The van der Waals surface area contributed by atoms with Gasteiger partial charge in [0, 0.05) is 0 Å². The van der Waals surface area contributed by atoms with Crippen LogP contribution in [0.2, 0.25) is 0 Å². The molecular weight excluding hydrogens is 226 g/mol. The second kappa shape index (κ2) is 5.75. The van der Waals surface area contributed by atoms with Crippen molar-refractivity contribution in [3.8, 4) is 11.8 Å². The number of aliphatic hydroxyl groups excluding tert-OH is 2. The molecule has 2 unspecified atom stereocenters. The molecule has 1 aromatic rings. The second-order valence-corrected chi connectivity index (χ2v) is 3.86. The number of aromatic hydroxyl groups is 1. The summed E-state index contributed by atoms with van der Waals surface area (Å²) in [4.78, 5) is 0. The van der Waals surface area contributed by atoms with Gasteiger partial charge < -0.3 is 15.3 Å². The van der Waals surface area contributed by atoms with Gasteiger partial charge in [0.15, 0.2) is 0 Å². The van der Waals surface area contributed by atoms with Gasteiger partial charge in [0.05, 0.1) is 11.7 Å². The fourth-order valence-corrected chi connectivity index (χ4v) is 1.60. The van der Waals surface area contributed by atoms with Gasteiger partial charge in [-0.15, -0.1) is 0 Å². The van der Waals surface area contributed by atoms with Gasteiger partial charge in [-0.2, -0.15) is 17.9 Å². The molecular formula is C11H13NO3S. The molecule has 0 saturated carbocycles. The molecule has 0 heterocycles. The highest BCUT2D eigenvalue weighted by Gasteiger charge is 2.18. The van der Waals surface area contributed by atoms with E-state index in [1.54, 1.807) is 6.07 Å². The fourth-order valence-electron chi connectivity index (χ4n) is 1.34. The highest BCUT2D eigenvalue weighted by Crippen LogP contribution is 2.24. The van der Waals surface area contributed by atoms with Crippen molar-refractivity contribution in [1.29, 1.82) is 5.26 Å². The van der Waals surface area contributed by atoms with Crippen molar-refractivity contribution >= 4 is 12.6 Å². The number of aliphatic hydroxyl groups is 2. The number of benzene rings is 1. The predicted molar refractivity (Wildman–Crippen MR) is 62.3 cm³/mol. The third-order valence-electron chi connectivity index (χ3n) is 2.27. The van der Waals surface area contributed by atoms with E-state index in [0.29, 0.717) is 17.7 Å². The normalized spacial score (nSPS) is 14.1. The molecule has 0 aliphatic rings. The summed E-state index contributed by atoms with van der Waals surface area (Å²) in [5.74, 6) is 0.323. The zero-order chi connectivity index (χ0) is 12.1. The molecule has 4 nitrogen and oxygen atoms in total. The smallest absolute Gasteiger partial charge is 0.133 e. The lowest BCUT2D eigenvalue weighted by Crippen LogP contribution is -2.18. The molecule has 0 bridgehead atoms. The van der Waals surface area contributed by atoms with Gasteiger partial charge in [0.1, 0.15) is 17.9 Å². The molecule has 2 atom stereocenters. The number of thiol groups is 1. The van der Waals surface area contributed by atoms with Gasteiger partial charge >= 0.3 is 0 Å². The van der Waals surface area contributed by atoms with Gasteiger partial charge in [-0.05, 0) is 29.9 Å². The van der Waals surface area contributed by atoms with Crippen molar-refractivity contribution in [2.45, 2.75) is 18.6 Å². The first-order valence-corrected chi connectivity index (χ1v) is 5.43. The Morgan fingerprint density at radius 3 is 2.62 bits per heavy atom. The molecule has 1 aromatic carbocycles. The van der Waals surface area contributed by atoms with E-state index >= 15 is 0 Å². The summed E-state index contributed by atoms with van der Waals surface area (Å²) >= 11 is 3.96. The maximum Gasteiger partial charge on any atom is 0.133 e. The van der Waals surface area contributed by atoms with E-state index in [2.05, 4.69) is 12.6 Å². The maximum absolute atomic E-state index is 9.76. The first kappa shape index (κ1) is 12.8. The van der Waals surface area contributed by atoms with Crippen LogP contribution in [-0.4, -0.2) is 27.2 Å². The minimum Gasteiger partial charge on any atom is -0.507 e. The van der Waals surface area contributed by atoms with E-state index in [1.165, 1.54) is 18.2 Å². The largest absolute Gasteiger partial charge is 0.507 e. The van der Waals surface area contributed by atoms with Crippen LogP contribution in [0, 0.1) is 11.3 Å². The molecule has 0 fully saturated rings. The molecule has 1 rings (SSSR count). The molecule has 5 heteroatoms. The molecule has 0 aromatic heterocycles. The molecule has 16 heavy (non-hydrogen) atoms. The Morgan fingerprint density at radius 2 is 2.06 bits per heavy atom. The molecule has 0 radical (unpaired) electrons. The van der Waals surface area contributed by atoms with Crippen LogP contribution in [0.5, 0.6) is 5.75 Å². The summed E-state index contributed by atoms with van der Waals surface area (Å²) in [5, 5.41) is 37.3. The zero-order valence-electron chi connectivity index (χ0n) is 8.54. The Kier molecular flexibility index (Phi) is 4.62. The summed E-state index contributed by atoms with van der Waals surface area (Å²) in [5.41, 5.74) is 0.484. The first-order valence-electron chi connectivity index (χ1n) is 4.80. The number of phenolic OH excluding ortho intramolecular Hbond substituents is 1. The minimum absolute atomic E-state index is 0.0784. The fraction of sp³-hybridized carbons (Fsp3) is 0.364. The van der Waals surface area contributed by atoms with Gasteiger partial charge in [0.25, 0.3) is 0 Å². The van der Waals surface area contributed by atoms with Crippen LogP contribution in [0.15, 0.2) is 18.2 Å². The van der Waals surface area contributed by atoms with E-state index in [1.807, 2.05) is 0 Å². The Balaban J connectivity index is 2.92. The molecule has 0 saturated heterocycles. The van der Waals surface area contributed by atoms with E-state index in [0.717, 1.165) is 0 Å². The van der Waals surface area contributed by atoms with Crippen molar-refractivity contribution in [2.24, 2.45) is 0 Å². The van der Waals surface area contributed by atoms with Crippen molar-refractivity contribution < 1.29 is 15.3 Å². The lowest BCUT2D eigenvalue weighted by atomic mass is 10.0. The van der Waals surface area contributed by atoms with Crippen molar-refractivity contribution in [3.05, 3.63) is 29.3 Å². The monoisotopic (exact) mass is 239 g/mol. The summed E-state index contributed by atoms with van der Waals surface area (Å²) in [7, 11) is 0. The number of nitrogens with zero attached hydrogens (tertiary/aromatic N) is 1. The van der Waals surface area contributed by atoms with Gasteiger partial charge in [-0.25, -0.2) is 0 Å². The highest BCUT2D eigenvalue weighted by atomic mass is 32.1. The topological polar surface area (TPSA) is 84.5 Å². The van der Waals surface area contributed by atoms with Crippen LogP contribution in [0.4, 0.5) is 0 Å². The van der Waals surface area contributed by atoms with Crippen LogP contribution in [0.25, 0.3) is 0 Å². The van der Waals surface area contributed by atoms with Crippen molar-refractivity contribution in [1.82, 2.24) is 0 Å². The molecule has 3 N–H and O–H groups in total. The van der Waals surface area contributed by atoms with Crippen LogP contribution < -0.4 is 0 Å². The van der Waals surface area contributed by atoms with Gasteiger partial charge in [-0.3, -0.25) is 0 Å². The number of hydrogen-bond donors (Lipinski definition) is 4. The molecule has 0 spiro atoms. The third-order valence-corrected chi connectivity index (χ3v) is 2.53. The van der Waals surface area contributed by atoms with Crippen LogP contribution in [0.1, 0.15) is 23.7 Å². The molecule has 0 aliphatic heterocycles.